The standard InChI is InChI=1S/C67H49N5/c1-65(2)50-25-13-7-19-38(50)44-31-47-41-22-10-16-28-56(41)70(59(47)34-53(44)65)62-37-63(71-57-29-17-11-23-42(57)48-32-45-39-20-8-14-26-51(39)66(3,4)54(45)35-60(48)71)68-69-64(62)72-58-30-18-12-24-43(58)49-33-46-40-21-9-15-27-52(40)67(5,6)55(46)36-61(49)72/h7-37H,1-6H3. The average Bonchev–Trinajstić information content (AvgIpc) is 4.18. The zero-order valence-electron chi connectivity index (χ0n) is 41.1. The molecule has 4 heterocycles. The molecular formula is C67H49N5. The second-order valence-electron chi connectivity index (χ2n) is 22.2. The van der Waals surface area contributed by atoms with Gasteiger partial charge in [-0.3, -0.25) is 9.13 Å². The number of nitrogens with zero attached hydrogens (tertiary/aromatic N) is 5. The van der Waals surface area contributed by atoms with Crippen molar-refractivity contribution >= 4 is 65.4 Å². The van der Waals surface area contributed by atoms with Crippen molar-refractivity contribution in [2.75, 3.05) is 0 Å². The zero-order chi connectivity index (χ0) is 48.2. The first kappa shape index (κ1) is 40.2. The molecular weight excluding hydrogens is 875 g/mol. The van der Waals surface area contributed by atoms with Gasteiger partial charge in [0, 0.05) is 54.6 Å². The summed E-state index contributed by atoms with van der Waals surface area (Å²) in [4.78, 5) is 0. The van der Waals surface area contributed by atoms with Gasteiger partial charge >= 0.3 is 0 Å². The molecule has 72 heavy (non-hydrogen) atoms. The highest BCUT2D eigenvalue weighted by molar-refractivity contribution is 6.15. The summed E-state index contributed by atoms with van der Waals surface area (Å²) >= 11 is 0. The Bertz CT molecular complexity index is 4600. The van der Waals surface area contributed by atoms with E-state index >= 15 is 0 Å². The lowest BCUT2D eigenvalue weighted by molar-refractivity contribution is 0.660. The summed E-state index contributed by atoms with van der Waals surface area (Å²) in [6.07, 6.45) is 0. The number of hydrogen-bond acceptors (Lipinski definition) is 2. The zero-order valence-corrected chi connectivity index (χ0v) is 41.1. The van der Waals surface area contributed by atoms with Crippen LogP contribution in [-0.4, -0.2) is 23.9 Å². The number of benzene rings is 9. The summed E-state index contributed by atoms with van der Waals surface area (Å²) in [6, 6.07) is 70.5. The lowest BCUT2D eigenvalue weighted by Gasteiger charge is -2.22. The van der Waals surface area contributed by atoms with Crippen LogP contribution in [0.1, 0.15) is 74.9 Å². The molecule has 9 aromatic carbocycles. The van der Waals surface area contributed by atoms with E-state index in [1.54, 1.807) is 0 Å². The quantitative estimate of drug-likeness (QED) is 0.177. The third kappa shape index (κ3) is 4.88. The molecule has 0 unspecified atom stereocenters. The largest absolute Gasteiger partial charge is 0.306 e. The fourth-order valence-electron chi connectivity index (χ4n) is 14.0. The maximum absolute atomic E-state index is 5.57. The van der Waals surface area contributed by atoms with Crippen molar-refractivity contribution in [3.05, 3.63) is 221 Å². The van der Waals surface area contributed by atoms with Crippen molar-refractivity contribution in [3.8, 4) is 50.7 Å². The van der Waals surface area contributed by atoms with E-state index in [4.69, 9.17) is 10.2 Å². The van der Waals surface area contributed by atoms with E-state index < -0.39 is 0 Å². The summed E-state index contributed by atoms with van der Waals surface area (Å²) in [5.74, 6) is 1.55. The Hall–Kier alpha value is -8.54. The molecule has 0 N–H and O–H groups in total. The maximum Gasteiger partial charge on any atom is 0.184 e. The minimum Gasteiger partial charge on any atom is -0.306 e. The van der Waals surface area contributed by atoms with Crippen molar-refractivity contribution < 1.29 is 0 Å². The lowest BCUT2D eigenvalue weighted by Crippen LogP contribution is -2.15. The SMILES string of the molecule is CC1(C)c2ccccc2-c2cc3c4ccccc4n(-c4cc(-n5c6ccccc6c6cc7c(cc65)C(C)(C)c5ccccc5-7)c(-n5c6ccccc6c6cc7c(cc65)C(C)(C)c5ccccc5-7)nn4)c3cc21. The normalized spacial score (nSPS) is 15.4. The molecule has 4 aromatic heterocycles. The summed E-state index contributed by atoms with van der Waals surface area (Å²) in [5.41, 5.74) is 23.0. The third-order valence-electron chi connectivity index (χ3n) is 17.6. The second kappa shape index (κ2) is 13.4. The summed E-state index contributed by atoms with van der Waals surface area (Å²) in [5, 5.41) is 18.2. The monoisotopic (exact) mass is 923 g/mol. The van der Waals surface area contributed by atoms with Crippen LogP contribution in [0.2, 0.25) is 0 Å². The van der Waals surface area contributed by atoms with Crippen molar-refractivity contribution in [1.82, 2.24) is 23.9 Å². The minimum absolute atomic E-state index is 0.175. The van der Waals surface area contributed by atoms with Crippen molar-refractivity contribution in [3.63, 3.8) is 0 Å². The van der Waals surface area contributed by atoms with Crippen LogP contribution in [0.4, 0.5) is 0 Å². The summed E-state index contributed by atoms with van der Waals surface area (Å²) in [7, 11) is 0. The Labute approximate surface area is 417 Å². The topological polar surface area (TPSA) is 40.6 Å². The van der Waals surface area contributed by atoms with Crippen molar-refractivity contribution in [2.45, 2.75) is 57.8 Å². The fourth-order valence-corrected chi connectivity index (χ4v) is 14.0. The average molecular weight is 924 g/mol. The Kier molecular flexibility index (Phi) is 7.51. The molecule has 0 saturated heterocycles. The van der Waals surface area contributed by atoms with Gasteiger partial charge in [-0.1, -0.05) is 169 Å². The minimum atomic E-state index is -0.194. The Morgan fingerprint density at radius 2 is 0.625 bits per heavy atom. The van der Waals surface area contributed by atoms with Gasteiger partial charge in [0.05, 0.1) is 38.8 Å². The molecule has 0 fully saturated rings. The maximum atomic E-state index is 5.57. The summed E-state index contributed by atoms with van der Waals surface area (Å²) in [6.45, 7) is 14.2. The molecule has 0 aliphatic heterocycles. The highest BCUT2D eigenvalue weighted by Gasteiger charge is 2.39. The van der Waals surface area contributed by atoms with Gasteiger partial charge in [-0.25, -0.2) is 0 Å². The van der Waals surface area contributed by atoms with Gasteiger partial charge in [-0.2, -0.15) is 0 Å². The molecule has 342 valence electrons. The summed E-state index contributed by atoms with van der Waals surface area (Å²) < 4.78 is 7.27. The molecule has 3 aliphatic carbocycles. The van der Waals surface area contributed by atoms with Gasteiger partial charge in [0.15, 0.2) is 11.6 Å². The molecule has 5 heteroatoms. The first-order chi connectivity index (χ1) is 35.0. The van der Waals surface area contributed by atoms with Crippen LogP contribution in [0.25, 0.3) is 116 Å². The van der Waals surface area contributed by atoms with Gasteiger partial charge in [0.1, 0.15) is 0 Å². The second-order valence-corrected chi connectivity index (χ2v) is 22.2. The predicted molar refractivity (Wildman–Crippen MR) is 298 cm³/mol. The van der Waals surface area contributed by atoms with Crippen LogP contribution < -0.4 is 0 Å². The van der Waals surface area contributed by atoms with Gasteiger partial charge in [0.25, 0.3) is 0 Å². The number of para-hydroxylation sites is 3. The Balaban J connectivity index is 1.04. The van der Waals surface area contributed by atoms with Crippen LogP contribution in [0.5, 0.6) is 0 Å². The smallest absolute Gasteiger partial charge is 0.184 e. The first-order valence-electron chi connectivity index (χ1n) is 25.4. The number of rotatable bonds is 3. The van der Waals surface area contributed by atoms with E-state index in [1.165, 1.54) is 99.1 Å². The highest BCUT2D eigenvalue weighted by atomic mass is 15.3. The van der Waals surface area contributed by atoms with Crippen molar-refractivity contribution in [2.24, 2.45) is 0 Å². The van der Waals surface area contributed by atoms with Gasteiger partial charge in [-0.15, -0.1) is 10.2 Å². The van der Waals surface area contributed by atoms with E-state index in [0.717, 1.165) is 50.4 Å². The van der Waals surface area contributed by atoms with Gasteiger partial charge in [-0.05, 0) is 121 Å². The molecule has 0 bridgehead atoms. The number of hydrogen-bond donors (Lipinski definition) is 0. The first-order valence-corrected chi connectivity index (χ1v) is 25.4. The molecule has 0 atom stereocenters. The predicted octanol–water partition coefficient (Wildman–Crippen LogP) is 16.7. The molecule has 13 aromatic rings. The van der Waals surface area contributed by atoms with E-state index in [2.05, 4.69) is 243 Å². The number of fused-ring (bicyclic) bond motifs is 18. The molecule has 0 saturated carbocycles. The lowest BCUT2D eigenvalue weighted by atomic mass is 9.82. The highest BCUT2D eigenvalue weighted by Crippen LogP contribution is 2.54. The molecule has 0 radical (unpaired) electrons. The van der Waals surface area contributed by atoms with Crippen LogP contribution in [0, 0.1) is 0 Å². The van der Waals surface area contributed by atoms with Crippen LogP contribution in [0.3, 0.4) is 0 Å². The number of aromatic nitrogens is 5. The van der Waals surface area contributed by atoms with Gasteiger partial charge < -0.3 is 4.57 Å². The van der Waals surface area contributed by atoms with Crippen LogP contribution >= 0.6 is 0 Å². The van der Waals surface area contributed by atoms with Crippen LogP contribution in [0.15, 0.2) is 188 Å². The van der Waals surface area contributed by atoms with E-state index in [9.17, 15) is 0 Å². The van der Waals surface area contributed by atoms with E-state index in [1.807, 2.05) is 0 Å². The molecule has 0 spiro atoms. The Morgan fingerprint density at radius 3 is 1.07 bits per heavy atom. The van der Waals surface area contributed by atoms with Gasteiger partial charge in [0.2, 0.25) is 0 Å². The third-order valence-corrected chi connectivity index (χ3v) is 17.6. The molecule has 5 nitrogen and oxygen atoms in total. The fraction of sp³-hybridized carbons (Fsp3) is 0.134. The molecule has 3 aliphatic rings. The Morgan fingerprint density at radius 1 is 0.278 bits per heavy atom. The van der Waals surface area contributed by atoms with Crippen LogP contribution in [-0.2, 0) is 16.2 Å². The van der Waals surface area contributed by atoms with E-state index in [0.29, 0.717) is 0 Å². The molecule has 16 rings (SSSR count). The molecule has 0 amide bonds. The van der Waals surface area contributed by atoms with E-state index in [-0.39, 0.29) is 16.2 Å². The van der Waals surface area contributed by atoms with Crippen molar-refractivity contribution in [1.29, 1.82) is 0 Å².